The van der Waals surface area contributed by atoms with Crippen LogP contribution < -0.4 is 5.56 Å². The van der Waals surface area contributed by atoms with Crippen molar-refractivity contribution < 1.29 is 13.2 Å². The maximum Gasteiger partial charge on any atom is 0.416 e. The predicted octanol–water partition coefficient (Wildman–Crippen LogP) is 3.74. The number of alkyl halides is 4. The van der Waals surface area contributed by atoms with E-state index in [0.29, 0.717) is 16.7 Å². The lowest BCUT2D eigenvalue weighted by molar-refractivity contribution is -0.137. The molecule has 3 nitrogen and oxygen atoms in total. The summed E-state index contributed by atoms with van der Waals surface area (Å²) in [6, 6.07) is 4.32. The molecule has 0 radical (unpaired) electrons. The molecule has 0 N–H and O–H groups in total. The third-order valence-electron chi connectivity index (χ3n) is 2.89. The zero-order valence-corrected chi connectivity index (χ0v) is 12.6. The molecule has 2 aromatic rings. The highest BCUT2D eigenvalue weighted by molar-refractivity contribution is 9.08. The summed E-state index contributed by atoms with van der Waals surface area (Å²) in [4.78, 5) is 12.0. The topological polar surface area (TPSA) is 26.9 Å². The Bertz CT molecular complexity index is 688. The van der Waals surface area contributed by atoms with Crippen molar-refractivity contribution in [3.05, 3.63) is 50.9 Å². The molecule has 1 heterocycles. The summed E-state index contributed by atoms with van der Waals surface area (Å²) in [6.07, 6.45) is -4.41. The Kier molecular flexibility index (Phi) is 4.02. The zero-order chi connectivity index (χ0) is 15.1. The zero-order valence-electron chi connectivity index (χ0n) is 10.2. The molecule has 0 aliphatic heterocycles. The highest BCUT2D eigenvalue weighted by atomic mass is 79.9. The highest BCUT2D eigenvalue weighted by Crippen LogP contribution is 2.29. The minimum Gasteiger partial charge on any atom is -0.283 e. The maximum atomic E-state index is 12.5. The van der Waals surface area contributed by atoms with Crippen molar-refractivity contribution in [1.82, 2.24) is 9.36 Å². The Morgan fingerprint density at radius 2 is 1.80 bits per heavy atom. The Hall–Kier alpha value is -1.21. The molecule has 2 rings (SSSR count). The molecule has 0 fully saturated rings. The smallest absolute Gasteiger partial charge is 0.283 e. The van der Waals surface area contributed by atoms with E-state index in [2.05, 4.69) is 15.9 Å². The Morgan fingerprint density at radius 1 is 1.25 bits per heavy atom. The third kappa shape index (κ3) is 2.52. The first kappa shape index (κ1) is 15.2. The van der Waals surface area contributed by atoms with Gasteiger partial charge in [-0.3, -0.25) is 9.48 Å². The lowest BCUT2D eigenvalue weighted by Gasteiger charge is -2.11. The van der Waals surface area contributed by atoms with E-state index >= 15 is 0 Å². The molecule has 0 spiro atoms. The largest absolute Gasteiger partial charge is 0.416 e. The van der Waals surface area contributed by atoms with Crippen molar-refractivity contribution in [3.8, 4) is 5.69 Å². The summed E-state index contributed by atoms with van der Waals surface area (Å²) < 4.78 is 40.2. The van der Waals surface area contributed by atoms with Gasteiger partial charge in [0.25, 0.3) is 5.56 Å². The molecular formula is C12H9BrClF3N2O. The average molecular weight is 370 g/mol. The van der Waals surface area contributed by atoms with Gasteiger partial charge in [-0.15, -0.1) is 0 Å². The van der Waals surface area contributed by atoms with E-state index in [4.69, 9.17) is 11.6 Å². The molecule has 0 saturated heterocycles. The number of nitrogens with zero attached hydrogens (tertiary/aromatic N) is 2. The van der Waals surface area contributed by atoms with Gasteiger partial charge < -0.3 is 0 Å². The monoisotopic (exact) mass is 368 g/mol. The number of hydrogen-bond donors (Lipinski definition) is 0. The van der Waals surface area contributed by atoms with Gasteiger partial charge >= 0.3 is 6.18 Å². The fourth-order valence-corrected chi connectivity index (χ4v) is 2.92. The summed E-state index contributed by atoms with van der Waals surface area (Å²) in [5.74, 6) is 0. The van der Waals surface area contributed by atoms with E-state index in [1.807, 2.05) is 0 Å². The molecule has 20 heavy (non-hydrogen) atoms. The van der Waals surface area contributed by atoms with Crippen LogP contribution in [0.5, 0.6) is 0 Å². The lowest BCUT2D eigenvalue weighted by Crippen LogP contribution is -2.20. The van der Waals surface area contributed by atoms with E-state index < -0.39 is 17.3 Å². The van der Waals surface area contributed by atoms with E-state index in [1.165, 1.54) is 21.5 Å². The molecule has 0 atom stereocenters. The van der Waals surface area contributed by atoms with Crippen molar-refractivity contribution in [3.63, 3.8) is 0 Å². The summed E-state index contributed by atoms with van der Waals surface area (Å²) in [6.45, 7) is 0. The average Bonchev–Trinajstić information content (AvgIpc) is 2.59. The fourth-order valence-electron chi connectivity index (χ4n) is 1.84. The van der Waals surface area contributed by atoms with Crippen LogP contribution in [0.25, 0.3) is 5.69 Å². The van der Waals surface area contributed by atoms with Crippen LogP contribution in [0.1, 0.15) is 11.3 Å². The normalized spacial score (nSPS) is 11.9. The number of rotatable bonds is 2. The van der Waals surface area contributed by atoms with Crippen molar-refractivity contribution in [1.29, 1.82) is 0 Å². The van der Waals surface area contributed by atoms with Crippen LogP contribution in [0.3, 0.4) is 0 Å². The van der Waals surface area contributed by atoms with Crippen LogP contribution in [-0.4, -0.2) is 9.36 Å². The van der Waals surface area contributed by atoms with Crippen molar-refractivity contribution in [2.45, 2.75) is 11.5 Å². The second-order valence-electron chi connectivity index (χ2n) is 4.08. The molecule has 0 saturated carbocycles. The lowest BCUT2D eigenvalue weighted by atomic mass is 10.2. The van der Waals surface area contributed by atoms with Gasteiger partial charge in [0.15, 0.2) is 0 Å². The van der Waals surface area contributed by atoms with Crippen LogP contribution in [0.4, 0.5) is 13.2 Å². The van der Waals surface area contributed by atoms with Crippen molar-refractivity contribution in [2.24, 2.45) is 7.05 Å². The summed E-state index contributed by atoms with van der Waals surface area (Å²) >= 11 is 9.12. The van der Waals surface area contributed by atoms with Crippen molar-refractivity contribution in [2.75, 3.05) is 0 Å². The van der Waals surface area contributed by atoms with Gasteiger partial charge in [-0.1, -0.05) is 27.5 Å². The minimum absolute atomic E-state index is 0.0456. The van der Waals surface area contributed by atoms with Crippen LogP contribution in [0.15, 0.2) is 29.1 Å². The predicted molar refractivity (Wildman–Crippen MR) is 73.7 cm³/mol. The molecule has 0 amide bonds. The molecule has 0 unspecified atom stereocenters. The standard InChI is InChI=1S/C12H9BrClF3N2O/c1-18-9(6-13)10(14)11(20)19(18)8-4-2-7(3-5-8)12(15,16)17/h2-5H,6H2,1H3. The molecule has 0 aliphatic carbocycles. The summed E-state index contributed by atoms with van der Waals surface area (Å²) in [5, 5.41) is 0.412. The van der Waals surface area contributed by atoms with E-state index in [0.717, 1.165) is 12.1 Å². The Balaban J connectivity index is 2.56. The third-order valence-corrected chi connectivity index (χ3v) is 3.80. The Labute approximate surface area is 125 Å². The molecule has 8 heteroatoms. The van der Waals surface area contributed by atoms with Gasteiger partial charge in [0.05, 0.1) is 16.9 Å². The molecule has 108 valence electrons. The molecule has 1 aromatic carbocycles. The number of hydrogen-bond acceptors (Lipinski definition) is 1. The molecule has 1 aromatic heterocycles. The number of halogens is 5. The first-order valence-corrected chi connectivity index (χ1v) is 6.97. The molecule has 0 bridgehead atoms. The van der Waals surface area contributed by atoms with Crippen LogP contribution in [0, 0.1) is 0 Å². The molecular weight excluding hydrogens is 360 g/mol. The van der Waals surface area contributed by atoms with E-state index in [9.17, 15) is 18.0 Å². The second kappa shape index (κ2) is 5.29. The van der Waals surface area contributed by atoms with Crippen LogP contribution >= 0.6 is 27.5 Å². The van der Waals surface area contributed by atoms with Crippen LogP contribution in [-0.2, 0) is 18.6 Å². The van der Waals surface area contributed by atoms with Gasteiger partial charge in [0, 0.05) is 12.4 Å². The van der Waals surface area contributed by atoms with E-state index in [1.54, 1.807) is 7.05 Å². The first-order chi connectivity index (χ1) is 9.27. The minimum atomic E-state index is -4.41. The summed E-state index contributed by atoms with van der Waals surface area (Å²) in [7, 11) is 1.61. The molecule has 0 aliphatic rings. The van der Waals surface area contributed by atoms with Gasteiger partial charge in [-0.2, -0.15) is 13.2 Å². The van der Waals surface area contributed by atoms with Gasteiger partial charge in [-0.05, 0) is 24.3 Å². The van der Waals surface area contributed by atoms with Crippen molar-refractivity contribution >= 4 is 27.5 Å². The fraction of sp³-hybridized carbons (Fsp3) is 0.250. The van der Waals surface area contributed by atoms with Gasteiger partial charge in [0.1, 0.15) is 5.02 Å². The van der Waals surface area contributed by atoms with E-state index in [-0.39, 0.29) is 5.02 Å². The van der Waals surface area contributed by atoms with Gasteiger partial charge in [0.2, 0.25) is 0 Å². The first-order valence-electron chi connectivity index (χ1n) is 5.47. The maximum absolute atomic E-state index is 12.5. The quantitative estimate of drug-likeness (QED) is 0.741. The summed E-state index contributed by atoms with van der Waals surface area (Å²) in [5.41, 5.74) is -0.366. The number of aromatic nitrogens is 2. The second-order valence-corrected chi connectivity index (χ2v) is 5.02. The highest BCUT2D eigenvalue weighted by Gasteiger charge is 2.30. The Morgan fingerprint density at radius 3 is 2.20 bits per heavy atom. The van der Waals surface area contributed by atoms with Gasteiger partial charge in [-0.25, -0.2) is 4.68 Å². The SMILES string of the molecule is Cn1c(CBr)c(Cl)c(=O)n1-c1ccc(C(F)(F)F)cc1. The van der Waals surface area contributed by atoms with Crippen LogP contribution in [0.2, 0.25) is 5.02 Å². The number of benzene rings is 1.